The molecule has 0 aliphatic heterocycles. The zero-order chi connectivity index (χ0) is 52.2. The van der Waals surface area contributed by atoms with Gasteiger partial charge in [-0.3, -0.25) is 14.4 Å². The van der Waals surface area contributed by atoms with Crippen LogP contribution in [-0.4, -0.2) is 37.2 Å². The molecule has 1 unspecified atom stereocenters. The number of rotatable bonds is 61. The monoisotopic (exact) mass is 1010 g/mol. The largest absolute Gasteiger partial charge is 0.462 e. The molecule has 0 saturated carbocycles. The average molecular weight is 1020 g/mol. The Labute approximate surface area is 450 Å². The second kappa shape index (κ2) is 61.7. The lowest BCUT2D eigenvalue weighted by atomic mass is 10.0. The highest BCUT2D eigenvalue weighted by atomic mass is 16.6. The fourth-order valence-electron chi connectivity index (χ4n) is 10.1. The predicted molar refractivity (Wildman–Crippen MR) is 312 cm³/mol. The molecule has 0 bridgehead atoms. The summed E-state index contributed by atoms with van der Waals surface area (Å²) in [5.41, 5.74) is 0. The van der Waals surface area contributed by atoms with Crippen molar-refractivity contribution in [1.82, 2.24) is 0 Å². The molecule has 0 spiro atoms. The van der Waals surface area contributed by atoms with Gasteiger partial charge in [-0.05, 0) is 38.5 Å². The summed E-state index contributed by atoms with van der Waals surface area (Å²) >= 11 is 0. The van der Waals surface area contributed by atoms with Gasteiger partial charge in [0.15, 0.2) is 6.10 Å². The standard InChI is InChI=1S/C66H126O6/c1-4-7-10-13-16-19-22-24-26-28-30-32-33-35-36-38-40-42-44-47-50-53-56-59-65(68)71-62-63(61-70-64(67)58-55-52-49-46-21-18-15-12-9-6-3)72-66(69)60-57-54-51-48-45-43-41-39-37-34-31-29-27-25-23-20-17-14-11-8-5-2/h12,15,63H,4-11,13-14,16-62H2,1-3H3/b15-12-. The van der Waals surface area contributed by atoms with Gasteiger partial charge in [-0.1, -0.05) is 328 Å². The Morgan fingerprint density at radius 3 is 0.750 bits per heavy atom. The number of allylic oxidation sites excluding steroid dienone is 2. The van der Waals surface area contributed by atoms with Crippen molar-refractivity contribution in [3.8, 4) is 0 Å². The van der Waals surface area contributed by atoms with Gasteiger partial charge < -0.3 is 14.2 Å². The number of unbranched alkanes of at least 4 members (excludes halogenated alkanes) is 48. The van der Waals surface area contributed by atoms with Crippen molar-refractivity contribution in [2.24, 2.45) is 0 Å². The van der Waals surface area contributed by atoms with Gasteiger partial charge in [0.2, 0.25) is 0 Å². The number of esters is 3. The lowest BCUT2D eigenvalue weighted by molar-refractivity contribution is -0.167. The summed E-state index contributed by atoms with van der Waals surface area (Å²) in [4.78, 5) is 38.2. The van der Waals surface area contributed by atoms with Crippen LogP contribution in [0.25, 0.3) is 0 Å². The van der Waals surface area contributed by atoms with Crippen molar-refractivity contribution in [1.29, 1.82) is 0 Å². The minimum atomic E-state index is -0.768. The third-order valence-corrected chi connectivity index (χ3v) is 15.0. The van der Waals surface area contributed by atoms with Crippen LogP contribution in [0, 0.1) is 0 Å². The molecule has 0 fully saturated rings. The van der Waals surface area contributed by atoms with Crippen molar-refractivity contribution in [2.75, 3.05) is 13.2 Å². The van der Waals surface area contributed by atoms with E-state index in [1.165, 1.54) is 263 Å². The van der Waals surface area contributed by atoms with E-state index >= 15 is 0 Å². The van der Waals surface area contributed by atoms with Gasteiger partial charge >= 0.3 is 17.9 Å². The Hall–Kier alpha value is -1.85. The first-order valence-corrected chi connectivity index (χ1v) is 32.7. The van der Waals surface area contributed by atoms with Crippen molar-refractivity contribution in [3.63, 3.8) is 0 Å². The molecule has 0 saturated heterocycles. The Morgan fingerprint density at radius 1 is 0.264 bits per heavy atom. The van der Waals surface area contributed by atoms with Crippen molar-refractivity contribution in [2.45, 2.75) is 380 Å². The average Bonchev–Trinajstić information content (AvgIpc) is 3.38. The summed E-state index contributed by atoms with van der Waals surface area (Å²) in [6.07, 6.45) is 72.4. The first kappa shape index (κ1) is 70.1. The van der Waals surface area contributed by atoms with Crippen LogP contribution in [0.1, 0.15) is 374 Å². The van der Waals surface area contributed by atoms with Gasteiger partial charge in [0, 0.05) is 19.3 Å². The summed E-state index contributed by atoms with van der Waals surface area (Å²) in [6, 6.07) is 0. The van der Waals surface area contributed by atoms with E-state index in [4.69, 9.17) is 14.2 Å². The maximum atomic E-state index is 12.9. The number of ether oxygens (including phenoxy) is 3. The molecule has 72 heavy (non-hydrogen) atoms. The molecule has 0 heterocycles. The van der Waals surface area contributed by atoms with E-state index in [1.54, 1.807) is 0 Å². The molecule has 6 heteroatoms. The lowest BCUT2D eigenvalue weighted by Gasteiger charge is -2.18. The fourth-order valence-corrected chi connectivity index (χ4v) is 10.1. The molecule has 1 atom stereocenters. The van der Waals surface area contributed by atoms with Crippen molar-refractivity contribution in [3.05, 3.63) is 12.2 Å². The second-order valence-electron chi connectivity index (χ2n) is 22.4. The van der Waals surface area contributed by atoms with E-state index in [9.17, 15) is 14.4 Å². The SMILES string of the molecule is CCC/C=C\CCCCCCCC(=O)OCC(COC(=O)CCCCCCCCCCCCCCCCCCCCCCCCC)OC(=O)CCCCCCCCCCCCCCCCCCCCCCC. The quantitative estimate of drug-likeness (QED) is 0.0261. The summed E-state index contributed by atoms with van der Waals surface area (Å²) in [6.45, 7) is 6.65. The fraction of sp³-hybridized carbons (Fsp3) is 0.924. The molecule has 0 N–H and O–H groups in total. The highest BCUT2D eigenvalue weighted by Crippen LogP contribution is 2.19. The third kappa shape index (κ3) is 59.0. The van der Waals surface area contributed by atoms with Crippen LogP contribution in [0.4, 0.5) is 0 Å². The first-order valence-electron chi connectivity index (χ1n) is 32.7. The van der Waals surface area contributed by atoms with Crippen LogP contribution in [0.3, 0.4) is 0 Å². The van der Waals surface area contributed by atoms with Crippen LogP contribution >= 0.6 is 0 Å². The lowest BCUT2D eigenvalue weighted by Crippen LogP contribution is -2.30. The predicted octanol–water partition coefficient (Wildman–Crippen LogP) is 22.1. The molecule has 0 rings (SSSR count). The molecular weight excluding hydrogens is 889 g/mol. The van der Waals surface area contributed by atoms with Gasteiger partial charge in [-0.25, -0.2) is 0 Å². The van der Waals surface area contributed by atoms with Crippen molar-refractivity contribution < 1.29 is 28.6 Å². The molecule has 0 aromatic carbocycles. The summed E-state index contributed by atoms with van der Waals surface area (Å²) in [7, 11) is 0. The van der Waals surface area contributed by atoms with Gasteiger partial charge in [-0.2, -0.15) is 0 Å². The zero-order valence-electron chi connectivity index (χ0n) is 49.0. The number of carbonyl (C=O) groups excluding carboxylic acids is 3. The smallest absolute Gasteiger partial charge is 0.306 e. The van der Waals surface area contributed by atoms with Crippen LogP contribution in [-0.2, 0) is 28.6 Å². The molecule has 0 amide bonds. The summed E-state index contributed by atoms with van der Waals surface area (Å²) in [5, 5.41) is 0. The van der Waals surface area contributed by atoms with E-state index in [1.807, 2.05) is 0 Å². The summed E-state index contributed by atoms with van der Waals surface area (Å²) < 4.78 is 16.9. The van der Waals surface area contributed by atoms with E-state index in [0.29, 0.717) is 19.3 Å². The molecule has 0 aliphatic carbocycles. The molecule has 6 nitrogen and oxygen atoms in total. The molecule has 0 aliphatic rings. The van der Waals surface area contributed by atoms with E-state index in [2.05, 4.69) is 32.9 Å². The minimum Gasteiger partial charge on any atom is -0.462 e. The number of carbonyl (C=O) groups is 3. The van der Waals surface area contributed by atoms with Crippen LogP contribution < -0.4 is 0 Å². The second-order valence-corrected chi connectivity index (χ2v) is 22.4. The Kier molecular flexibility index (Phi) is 60.1. The van der Waals surface area contributed by atoms with Gasteiger partial charge in [0.25, 0.3) is 0 Å². The van der Waals surface area contributed by atoms with Crippen LogP contribution in [0.15, 0.2) is 12.2 Å². The molecule has 0 radical (unpaired) electrons. The van der Waals surface area contributed by atoms with E-state index in [-0.39, 0.29) is 31.1 Å². The van der Waals surface area contributed by atoms with E-state index in [0.717, 1.165) is 70.6 Å². The van der Waals surface area contributed by atoms with Crippen molar-refractivity contribution >= 4 is 17.9 Å². The Morgan fingerprint density at radius 2 is 0.486 bits per heavy atom. The topological polar surface area (TPSA) is 78.9 Å². The van der Waals surface area contributed by atoms with Gasteiger partial charge in [0.1, 0.15) is 13.2 Å². The van der Waals surface area contributed by atoms with Gasteiger partial charge in [0.05, 0.1) is 0 Å². The molecule has 0 aromatic heterocycles. The minimum absolute atomic E-state index is 0.0662. The Balaban J connectivity index is 4.16. The normalized spacial score (nSPS) is 12.0. The van der Waals surface area contributed by atoms with E-state index < -0.39 is 6.10 Å². The molecule has 0 aromatic rings. The Bertz CT molecular complexity index is 1120. The molecular formula is C66H126O6. The summed E-state index contributed by atoms with van der Waals surface area (Å²) in [5.74, 6) is -0.848. The maximum absolute atomic E-state index is 12.9. The van der Waals surface area contributed by atoms with Crippen LogP contribution in [0.5, 0.6) is 0 Å². The number of hydrogen-bond acceptors (Lipinski definition) is 6. The van der Waals surface area contributed by atoms with Gasteiger partial charge in [-0.15, -0.1) is 0 Å². The highest BCUT2D eigenvalue weighted by Gasteiger charge is 2.19. The van der Waals surface area contributed by atoms with Crippen LogP contribution in [0.2, 0.25) is 0 Å². The first-order chi connectivity index (χ1) is 35.5. The number of hydrogen-bond donors (Lipinski definition) is 0. The zero-order valence-corrected chi connectivity index (χ0v) is 49.0. The third-order valence-electron chi connectivity index (χ3n) is 15.0. The highest BCUT2D eigenvalue weighted by molar-refractivity contribution is 5.71. The molecule has 426 valence electrons. The maximum Gasteiger partial charge on any atom is 0.306 e.